The maximum atomic E-state index is 12.8. The summed E-state index contributed by atoms with van der Waals surface area (Å²) >= 11 is 7.60. The van der Waals surface area contributed by atoms with Crippen LogP contribution < -0.4 is 4.74 Å². The fourth-order valence-electron chi connectivity index (χ4n) is 3.57. The molecule has 2 aliphatic heterocycles. The van der Waals surface area contributed by atoms with Crippen LogP contribution in [0.3, 0.4) is 0 Å². The molecule has 3 heterocycles. The number of methoxy groups -OCH3 is 1. The van der Waals surface area contributed by atoms with Gasteiger partial charge in [0.2, 0.25) is 5.17 Å². The van der Waals surface area contributed by atoms with Crippen molar-refractivity contribution in [2.75, 3.05) is 7.11 Å². The van der Waals surface area contributed by atoms with Crippen LogP contribution in [0.25, 0.3) is 11.8 Å². The standard InChI is InChI=1S/C24H18ClN5O2S/c1-32-20-10-9-17(14-19(20)25)29-11-5-8-16(29)13-18-22(26)30-24(27-23(18)31)33-21(28-30)12-15-6-3-2-4-7-15/h2-11,13-14,26H,12H2,1H3/b18-13-,26-22?. The predicted molar refractivity (Wildman–Crippen MR) is 132 cm³/mol. The van der Waals surface area contributed by atoms with Gasteiger partial charge in [0, 0.05) is 24.0 Å². The van der Waals surface area contributed by atoms with Gasteiger partial charge in [-0.05, 0) is 53.7 Å². The molecule has 0 spiro atoms. The molecule has 9 heteroatoms. The van der Waals surface area contributed by atoms with Crippen LogP contribution in [0.4, 0.5) is 0 Å². The summed E-state index contributed by atoms with van der Waals surface area (Å²) in [4.78, 5) is 17.0. The minimum absolute atomic E-state index is 0.000995. The topological polar surface area (TPSA) is 83.0 Å². The van der Waals surface area contributed by atoms with Crippen LogP contribution in [0.1, 0.15) is 11.3 Å². The highest BCUT2D eigenvalue weighted by atomic mass is 35.5. The third kappa shape index (κ3) is 4.10. The smallest absolute Gasteiger partial charge is 0.283 e. The second kappa shape index (κ2) is 8.73. The van der Waals surface area contributed by atoms with Crippen molar-refractivity contribution in [1.82, 2.24) is 9.58 Å². The van der Waals surface area contributed by atoms with E-state index >= 15 is 0 Å². The van der Waals surface area contributed by atoms with Crippen LogP contribution in [0, 0.1) is 5.41 Å². The number of nitrogens with zero attached hydrogens (tertiary/aromatic N) is 4. The highest BCUT2D eigenvalue weighted by Gasteiger charge is 2.35. The van der Waals surface area contributed by atoms with Crippen molar-refractivity contribution >= 4 is 51.4 Å². The molecular formula is C24H18ClN5O2S. The zero-order valence-corrected chi connectivity index (χ0v) is 19.1. The molecular weight excluding hydrogens is 458 g/mol. The van der Waals surface area contributed by atoms with Crippen molar-refractivity contribution in [3.05, 3.63) is 88.7 Å². The summed E-state index contributed by atoms with van der Waals surface area (Å²) in [6.45, 7) is 0. The lowest BCUT2D eigenvalue weighted by atomic mass is 10.1. The summed E-state index contributed by atoms with van der Waals surface area (Å²) in [5.41, 5.74) is 2.79. The lowest BCUT2D eigenvalue weighted by Gasteiger charge is -2.20. The van der Waals surface area contributed by atoms with Crippen molar-refractivity contribution in [3.8, 4) is 11.4 Å². The maximum Gasteiger partial charge on any atom is 0.283 e. The largest absolute Gasteiger partial charge is 0.495 e. The number of hydrogen-bond donors (Lipinski definition) is 1. The van der Waals surface area contributed by atoms with E-state index in [-0.39, 0.29) is 11.4 Å². The number of carbonyl (C=O) groups is 1. The molecule has 164 valence electrons. The monoisotopic (exact) mass is 475 g/mol. The number of rotatable bonds is 5. The normalized spacial score (nSPS) is 16.7. The number of benzene rings is 2. The lowest BCUT2D eigenvalue weighted by Crippen LogP contribution is -2.35. The number of thioether (sulfide) groups is 1. The van der Waals surface area contributed by atoms with Gasteiger partial charge in [0.15, 0.2) is 5.84 Å². The van der Waals surface area contributed by atoms with Gasteiger partial charge >= 0.3 is 0 Å². The van der Waals surface area contributed by atoms with Gasteiger partial charge in [-0.25, -0.2) is 0 Å². The molecule has 0 fully saturated rings. The lowest BCUT2D eigenvalue weighted by molar-refractivity contribution is -0.114. The van der Waals surface area contributed by atoms with Gasteiger partial charge in [-0.1, -0.05) is 41.9 Å². The molecule has 2 aromatic carbocycles. The molecule has 1 amide bonds. The Labute approximate surface area is 199 Å². The van der Waals surface area contributed by atoms with E-state index in [1.54, 1.807) is 25.3 Å². The van der Waals surface area contributed by atoms with Crippen LogP contribution in [0.15, 0.2) is 82.5 Å². The van der Waals surface area contributed by atoms with Crippen LogP contribution in [0.5, 0.6) is 5.75 Å². The number of hydrazone groups is 1. The first-order valence-corrected chi connectivity index (χ1v) is 11.3. The first kappa shape index (κ1) is 21.2. The SMILES string of the molecule is COc1ccc(-n2cccc2/C=C2/C(=N)N3N=C(Cc4ccccc4)SC3=NC2=O)cc1Cl. The molecule has 0 saturated heterocycles. The Kier molecular flexibility index (Phi) is 5.62. The molecule has 0 bridgehead atoms. The Morgan fingerprint density at radius 3 is 2.73 bits per heavy atom. The number of halogens is 1. The summed E-state index contributed by atoms with van der Waals surface area (Å²) in [7, 11) is 1.56. The van der Waals surface area contributed by atoms with E-state index < -0.39 is 5.91 Å². The minimum Gasteiger partial charge on any atom is -0.495 e. The molecule has 0 radical (unpaired) electrons. The quantitative estimate of drug-likeness (QED) is 0.526. The molecule has 1 N–H and O–H groups in total. The van der Waals surface area contributed by atoms with E-state index in [1.165, 1.54) is 16.8 Å². The van der Waals surface area contributed by atoms with Gasteiger partial charge in [0.25, 0.3) is 5.91 Å². The Morgan fingerprint density at radius 1 is 1.15 bits per heavy atom. The Morgan fingerprint density at radius 2 is 1.97 bits per heavy atom. The van der Waals surface area contributed by atoms with Gasteiger partial charge in [-0.2, -0.15) is 15.1 Å². The zero-order valence-electron chi connectivity index (χ0n) is 17.5. The van der Waals surface area contributed by atoms with Crippen molar-refractivity contribution in [3.63, 3.8) is 0 Å². The van der Waals surface area contributed by atoms with Crippen molar-refractivity contribution in [1.29, 1.82) is 5.41 Å². The number of amidine groups is 2. The molecule has 7 nitrogen and oxygen atoms in total. The van der Waals surface area contributed by atoms with E-state index in [0.29, 0.717) is 28.1 Å². The zero-order chi connectivity index (χ0) is 22.9. The van der Waals surface area contributed by atoms with E-state index in [0.717, 1.165) is 16.3 Å². The second-order valence-corrected chi connectivity index (χ2v) is 8.75. The van der Waals surface area contributed by atoms with Gasteiger partial charge in [-0.15, -0.1) is 0 Å². The maximum absolute atomic E-state index is 12.8. The predicted octanol–water partition coefficient (Wildman–Crippen LogP) is 5.00. The Bertz CT molecular complexity index is 1360. The summed E-state index contributed by atoms with van der Waals surface area (Å²) in [6.07, 6.45) is 4.12. The molecule has 0 atom stereocenters. The van der Waals surface area contributed by atoms with Gasteiger partial charge in [-0.3, -0.25) is 10.2 Å². The van der Waals surface area contributed by atoms with Crippen LogP contribution >= 0.6 is 23.4 Å². The van der Waals surface area contributed by atoms with Crippen LogP contribution in [-0.4, -0.2) is 38.6 Å². The highest BCUT2D eigenvalue weighted by Crippen LogP contribution is 2.31. The third-order valence-electron chi connectivity index (χ3n) is 5.18. The molecule has 5 rings (SSSR count). The number of aromatic nitrogens is 1. The molecule has 2 aliphatic rings. The average molecular weight is 476 g/mol. The summed E-state index contributed by atoms with van der Waals surface area (Å²) < 4.78 is 7.10. The number of ether oxygens (including phenoxy) is 1. The molecule has 0 saturated carbocycles. The Hall–Kier alpha value is -3.62. The average Bonchev–Trinajstić information content (AvgIpc) is 3.44. The number of carbonyl (C=O) groups excluding carboxylic acids is 1. The van der Waals surface area contributed by atoms with E-state index in [1.807, 2.05) is 59.3 Å². The molecule has 33 heavy (non-hydrogen) atoms. The fourth-order valence-corrected chi connectivity index (χ4v) is 4.74. The minimum atomic E-state index is -0.463. The van der Waals surface area contributed by atoms with Crippen LogP contribution in [0.2, 0.25) is 5.02 Å². The first-order valence-electron chi connectivity index (χ1n) is 10.1. The second-order valence-electron chi connectivity index (χ2n) is 7.30. The highest BCUT2D eigenvalue weighted by molar-refractivity contribution is 8.26. The number of hydrogen-bond acceptors (Lipinski definition) is 5. The Balaban J connectivity index is 1.44. The number of nitrogens with one attached hydrogen (secondary N) is 1. The van der Waals surface area contributed by atoms with Crippen molar-refractivity contribution in [2.45, 2.75) is 6.42 Å². The number of fused-ring (bicyclic) bond motifs is 1. The summed E-state index contributed by atoms with van der Waals surface area (Å²) in [6, 6.07) is 19.1. The van der Waals surface area contributed by atoms with Gasteiger partial charge in [0.1, 0.15) is 10.8 Å². The molecule has 1 aromatic heterocycles. The van der Waals surface area contributed by atoms with E-state index in [2.05, 4.69) is 10.1 Å². The van der Waals surface area contributed by atoms with Gasteiger partial charge in [0.05, 0.1) is 17.7 Å². The summed E-state index contributed by atoms with van der Waals surface area (Å²) in [5, 5.41) is 16.3. The van der Waals surface area contributed by atoms with E-state index in [9.17, 15) is 4.79 Å². The van der Waals surface area contributed by atoms with Crippen molar-refractivity contribution < 1.29 is 9.53 Å². The summed E-state index contributed by atoms with van der Waals surface area (Å²) in [5.74, 6) is 0.116. The van der Waals surface area contributed by atoms with Gasteiger partial charge < -0.3 is 9.30 Å². The molecule has 0 unspecified atom stereocenters. The third-order valence-corrected chi connectivity index (χ3v) is 6.38. The fraction of sp³-hybridized carbons (Fsp3) is 0.0833. The molecule has 3 aromatic rings. The van der Waals surface area contributed by atoms with Crippen molar-refractivity contribution in [2.24, 2.45) is 10.1 Å². The number of amides is 1. The number of aliphatic imine (C=N–C) groups is 1. The first-order chi connectivity index (χ1) is 16.0. The van der Waals surface area contributed by atoms with E-state index in [4.69, 9.17) is 21.7 Å². The van der Waals surface area contributed by atoms with Crippen LogP contribution in [-0.2, 0) is 11.2 Å². The molecule has 0 aliphatic carbocycles.